The molecule has 0 radical (unpaired) electrons. The highest BCUT2D eigenvalue weighted by Crippen LogP contribution is 2.27. The Hall–Kier alpha value is -4.06. The predicted octanol–water partition coefficient (Wildman–Crippen LogP) is 12.0. The first-order valence-electron chi connectivity index (χ1n) is 20.1. The summed E-state index contributed by atoms with van der Waals surface area (Å²) in [6.07, 6.45) is 21.2. The highest BCUT2D eigenvalue weighted by molar-refractivity contribution is 6.19. The van der Waals surface area contributed by atoms with E-state index >= 15 is 0 Å². The third kappa shape index (κ3) is 12.6. The Morgan fingerprint density at radius 2 is 0.692 bits per heavy atom. The van der Waals surface area contributed by atoms with Gasteiger partial charge in [-0.05, 0) is 97.9 Å². The maximum Gasteiger partial charge on any atom is 0.336 e. The lowest BCUT2D eigenvalue weighted by molar-refractivity contribution is 0.0677. The fraction of sp³-hybridized carbons (Fsp3) is 0.522. The highest BCUT2D eigenvalue weighted by atomic mass is 16.4. The number of hydrogen-bond acceptors (Lipinski definition) is 4. The van der Waals surface area contributed by atoms with Crippen molar-refractivity contribution in [3.05, 3.63) is 104 Å². The lowest BCUT2D eigenvalue weighted by Gasteiger charge is -2.15. The molecular formula is C46H62O6. The summed E-state index contributed by atoms with van der Waals surface area (Å²) in [6.45, 7) is 8.70. The standard InChI is InChI=1S/C46H62O6/c1-5-9-13-17-21-33-25-27-37(29-35(33)23-19-15-11-7-3)43(47)39-31-42(46(51)52)40(32-41(39)45(49)50)44(48)38-28-26-34(22-18-14-10-6-2)36(30-38)24-20-16-12-8-4/h25-32H,5-24H2,1-4H3,(H,49,50)(H,51,52). The molecule has 0 unspecified atom stereocenters. The normalized spacial score (nSPS) is 11.2. The number of hydrogen-bond donors (Lipinski definition) is 2. The van der Waals surface area contributed by atoms with Crippen molar-refractivity contribution in [2.24, 2.45) is 0 Å². The van der Waals surface area contributed by atoms with E-state index in [1.165, 1.54) is 24.0 Å². The molecule has 0 atom stereocenters. The zero-order valence-electron chi connectivity index (χ0n) is 32.3. The van der Waals surface area contributed by atoms with E-state index in [9.17, 15) is 29.4 Å². The molecule has 0 saturated carbocycles. The molecule has 3 rings (SSSR count). The average Bonchev–Trinajstić information content (AvgIpc) is 3.14. The quantitative estimate of drug-likeness (QED) is 0.0634. The highest BCUT2D eigenvalue weighted by Gasteiger charge is 2.27. The minimum Gasteiger partial charge on any atom is -0.478 e. The molecule has 3 aromatic rings. The van der Waals surface area contributed by atoms with Gasteiger partial charge in [0, 0.05) is 22.3 Å². The number of rotatable bonds is 26. The van der Waals surface area contributed by atoms with Crippen LogP contribution < -0.4 is 0 Å². The molecule has 0 saturated heterocycles. The van der Waals surface area contributed by atoms with Gasteiger partial charge in [-0.1, -0.05) is 129 Å². The average molecular weight is 711 g/mol. The smallest absolute Gasteiger partial charge is 0.336 e. The van der Waals surface area contributed by atoms with Gasteiger partial charge < -0.3 is 10.2 Å². The maximum absolute atomic E-state index is 14.1. The molecule has 0 bridgehead atoms. The zero-order valence-corrected chi connectivity index (χ0v) is 32.3. The zero-order chi connectivity index (χ0) is 37.9. The lowest BCUT2D eigenvalue weighted by Crippen LogP contribution is -2.17. The Labute approximate surface area is 312 Å². The van der Waals surface area contributed by atoms with Crippen LogP contribution in [0.5, 0.6) is 0 Å². The fourth-order valence-corrected chi connectivity index (χ4v) is 7.10. The molecule has 2 N–H and O–H groups in total. The van der Waals surface area contributed by atoms with E-state index in [0.717, 1.165) is 139 Å². The summed E-state index contributed by atoms with van der Waals surface area (Å²) < 4.78 is 0. The van der Waals surface area contributed by atoms with Crippen molar-refractivity contribution in [3.63, 3.8) is 0 Å². The summed E-state index contributed by atoms with van der Waals surface area (Å²) in [5.41, 5.74) is 4.00. The summed E-state index contributed by atoms with van der Waals surface area (Å²) in [5.74, 6) is -3.90. The molecule has 0 fully saturated rings. The van der Waals surface area contributed by atoms with Crippen molar-refractivity contribution < 1.29 is 29.4 Å². The molecule has 0 spiro atoms. The second-order valence-electron chi connectivity index (χ2n) is 14.4. The molecular weight excluding hydrogens is 649 g/mol. The van der Waals surface area contributed by atoms with Crippen molar-refractivity contribution >= 4 is 23.5 Å². The van der Waals surface area contributed by atoms with Gasteiger partial charge in [-0.15, -0.1) is 0 Å². The number of unbranched alkanes of at least 4 members (excludes halogenated alkanes) is 12. The van der Waals surface area contributed by atoms with Gasteiger partial charge >= 0.3 is 11.9 Å². The SMILES string of the molecule is CCCCCCc1ccc(C(=O)c2cc(C(=O)O)c(C(=O)c3ccc(CCCCCC)c(CCCCCC)c3)cc2C(=O)O)cc1CCCCCC. The van der Waals surface area contributed by atoms with Crippen LogP contribution in [0.1, 0.15) is 205 Å². The van der Waals surface area contributed by atoms with Crippen LogP contribution in [0.4, 0.5) is 0 Å². The number of carboxylic acid groups (broad SMARTS) is 2. The molecule has 6 heteroatoms. The lowest BCUT2D eigenvalue weighted by atomic mass is 9.87. The van der Waals surface area contributed by atoms with Crippen molar-refractivity contribution in [2.75, 3.05) is 0 Å². The van der Waals surface area contributed by atoms with E-state index in [4.69, 9.17) is 0 Å². The van der Waals surface area contributed by atoms with E-state index in [1.54, 1.807) is 12.1 Å². The number of carbonyl (C=O) groups excluding carboxylic acids is 2. The van der Waals surface area contributed by atoms with Gasteiger partial charge in [-0.2, -0.15) is 0 Å². The Morgan fingerprint density at radius 1 is 0.385 bits per heavy atom. The molecule has 0 heterocycles. The molecule has 0 aliphatic heterocycles. The molecule has 0 aromatic heterocycles. The second-order valence-corrected chi connectivity index (χ2v) is 14.4. The van der Waals surface area contributed by atoms with Crippen LogP contribution in [0.25, 0.3) is 0 Å². The van der Waals surface area contributed by atoms with E-state index in [0.29, 0.717) is 11.1 Å². The minimum absolute atomic E-state index is 0.229. The first-order chi connectivity index (χ1) is 25.2. The maximum atomic E-state index is 14.1. The number of carboxylic acids is 2. The van der Waals surface area contributed by atoms with Gasteiger partial charge in [0.25, 0.3) is 0 Å². The summed E-state index contributed by atoms with van der Waals surface area (Å²) in [5, 5.41) is 20.6. The van der Waals surface area contributed by atoms with E-state index < -0.39 is 23.5 Å². The summed E-state index contributed by atoms with van der Waals surface area (Å²) >= 11 is 0. The van der Waals surface area contributed by atoms with Gasteiger partial charge in [-0.3, -0.25) is 9.59 Å². The molecule has 52 heavy (non-hydrogen) atoms. The topological polar surface area (TPSA) is 109 Å². The molecule has 0 aliphatic carbocycles. The number of benzene rings is 3. The van der Waals surface area contributed by atoms with Crippen LogP contribution in [0, 0.1) is 0 Å². The summed E-state index contributed by atoms with van der Waals surface area (Å²) in [7, 11) is 0. The van der Waals surface area contributed by atoms with Crippen LogP contribution in [0.3, 0.4) is 0 Å². The van der Waals surface area contributed by atoms with Crippen molar-refractivity contribution in [2.45, 2.75) is 156 Å². The first kappa shape index (κ1) is 42.4. The van der Waals surface area contributed by atoms with Gasteiger partial charge in [0.1, 0.15) is 0 Å². The van der Waals surface area contributed by atoms with Gasteiger partial charge in [-0.25, -0.2) is 9.59 Å². The molecule has 0 aliphatic rings. The third-order valence-electron chi connectivity index (χ3n) is 10.2. The molecule has 6 nitrogen and oxygen atoms in total. The Morgan fingerprint density at radius 3 is 0.981 bits per heavy atom. The first-order valence-corrected chi connectivity index (χ1v) is 20.1. The third-order valence-corrected chi connectivity index (χ3v) is 10.2. The van der Waals surface area contributed by atoms with Crippen molar-refractivity contribution in [1.82, 2.24) is 0 Å². The molecule has 282 valence electrons. The molecule has 3 aromatic carbocycles. The van der Waals surface area contributed by atoms with Crippen LogP contribution in [0.2, 0.25) is 0 Å². The number of aromatic carboxylic acids is 2. The minimum atomic E-state index is -1.39. The summed E-state index contributed by atoms with van der Waals surface area (Å²) in [6, 6.07) is 13.3. The van der Waals surface area contributed by atoms with Gasteiger partial charge in [0.2, 0.25) is 0 Å². The second kappa shape index (κ2) is 22.8. The number of carbonyl (C=O) groups is 4. The van der Waals surface area contributed by atoms with Crippen molar-refractivity contribution in [3.8, 4) is 0 Å². The van der Waals surface area contributed by atoms with Gasteiger partial charge in [0.15, 0.2) is 11.6 Å². The monoisotopic (exact) mass is 710 g/mol. The summed E-state index contributed by atoms with van der Waals surface area (Å²) in [4.78, 5) is 53.4. The van der Waals surface area contributed by atoms with E-state index in [-0.39, 0.29) is 22.3 Å². The number of ketones is 2. The van der Waals surface area contributed by atoms with Crippen molar-refractivity contribution in [1.29, 1.82) is 0 Å². The Bertz CT molecular complexity index is 1510. The molecule has 0 amide bonds. The van der Waals surface area contributed by atoms with Crippen LogP contribution in [0.15, 0.2) is 48.5 Å². The largest absolute Gasteiger partial charge is 0.478 e. The van der Waals surface area contributed by atoms with E-state index in [2.05, 4.69) is 27.7 Å². The predicted molar refractivity (Wildman–Crippen MR) is 211 cm³/mol. The van der Waals surface area contributed by atoms with Crippen LogP contribution in [-0.2, 0) is 25.7 Å². The number of aryl methyl sites for hydroxylation is 4. The van der Waals surface area contributed by atoms with Gasteiger partial charge in [0.05, 0.1) is 11.1 Å². The Balaban J connectivity index is 2.03. The Kier molecular flexibility index (Phi) is 18.6. The van der Waals surface area contributed by atoms with Crippen LogP contribution in [-0.4, -0.2) is 33.7 Å². The fourth-order valence-electron chi connectivity index (χ4n) is 7.10. The van der Waals surface area contributed by atoms with Crippen LogP contribution >= 0.6 is 0 Å². The van der Waals surface area contributed by atoms with E-state index in [1.807, 2.05) is 24.3 Å².